The van der Waals surface area contributed by atoms with Crippen LogP contribution in [-0.4, -0.2) is 51.8 Å². The van der Waals surface area contributed by atoms with Gasteiger partial charge in [0.2, 0.25) is 6.54 Å². The van der Waals surface area contributed by atoms with E-state index in [1.54, 1.807) is 43.5 Å². The molecule has 1 aliphatic rings. The van der Waals surface area contributed by atoms with E-state index in [1.165, 1.54) is 10.2 Å². The van der Waals surface area contributed by atoms with Gasteiger partial charge in [0, 0.05) is 30.6 Å². The highest BCUT2D eigenvalue weighted by atomic mass is 32.2. The van der Waals surface area contributed by atoms with Crippen LogP contribution in [0, 0.1) is 19.4 Å². The number of benzene rings is 1. The van der Waals surface area contributed by atoms with Gasteiger partial charge in [0.15, 0.2) is 11.5 Å². The third kappa shape index (κ3) is 4.05. The first-order chi connectivity index (χ1) is 16.8. The molecule has 5 rings (SSSR count). The third-order valence-corrected chi connectivity index (χ3v) is 8.39. The molecule has 35 heavy (non-hydrogen) atoms. The third-order valence-electron chi connectivity index (χ3n) is 6.70. The summed E-state index contributed by atoms with van der Waals surface area (Å²) < 4.78 is 30.0. The Morgan fingerprint density at radius 1 is 1.20 bits per heavy atom. The summed E-state index contributed by atoms with van der Waals surface area (Å²) in [6.07, 6.45) is 5.06. The van der Waals surface area contributed by atoms with Gasteiger partial charge >= 0.3 is 0 Å². The molecule has 0 spiro atoms. The van der Waals surface area contributed by atoms with Gasteiger partial charge in [-0.2, -0.15) is 0 Å². The Hall–Kier alpha value is -3.42. The predicted octanol–water partition coefficient (Wildman–Crippen LogP) is 3.64. The van der Waals surface area contributed by atoms with Crippen LogP contribution in [0.1, 0.15) is 43.7 Å². The highest BCUT2D eigenvalue weighted by Crippen LogP contribution is 2.31. The molecule has 1 fully saturated rings. The Morgan fingerprint density at radius 2 is 1.97 bits per heavy atom. The van der Waals surface area contributed by atoms with Crippen molar-refractivity contribution < 1.29 is 13.5 Å². The van der Waals surface area contributed by atoms with Crippen LogP contribution in [0.5, 0.6) is 0 Å². The van der Waals surface area contributed by atoms with E-state index in [9.17, 15) is 13.5 Å². The van der Waals surface area contributed by atoms with E-state index in [0.29, 0.717) is 34.8 Å². The van der Waals surface area contributed by atoms with Gasteiger partial charge in [-0.1, -0.05) is 17.7 Å². The fraction of sp³-hybridized carbons (Fsp3) is 0.400. The first-order valence-electron chi connectivity index (χ1n) is 11.8. The van der Waals surface area contributed by atoms with E-state index in [2.05, 4.69) is 19.8 Å². The summed E-state index contributed by atoms with van der Waals surface area (Å²) in [5.74, 6) is 0.844. The molecule has 0 saturated carbocycles. The SMILES string of the molecule is [C-]#[N+]CC1CCCN(n2c([C@@H](C)O)nc3cnc4c(ccn4S(=O)(=O)c4ccc(C)cc4)c32)CC1. The smallest absolute Gasteiger partial charge is 0.269 e. The first kappa shape index (κ1) is 23.3. The largest absolute Gasteiger partial charge is 0.385 e. The molecule has 9 nitrogen and oxygen atoms in total. The van der Waals surface area contributed by atoms with Crippen molar-refractivity contribution >= 4 is 32.1 Å². The number of aliphatic hydroxyl groups excluding tert-OH is 1. The fourth-order valence-electron chi connectivity index (χ4n) is 4.86. The maximum atomic E-state index is 13.4. The second kappa shape index (κ2) is 8.98. The number of fused-ring (bicyclic) bond motifs is 3. The number of aromatic nitrogens is 4. The van der Waals surface area contributed by atoms with Gasteiger partial charge in [0.1, 0.15) is 17.1 Å². The van der Waals surface area contributed by atoms with Gasteiger partial charge in [-0.05, 0) is 51.3 Å². The average Bonchev–Trinajstić information content (AvgIpc) is 3.36. The highest BCUT2D eigenvalue weighted by Gasteiger charge is 2.27. The number of imidazole rings is 1. The molecule has 4 heterocycles. The quantitative estimate of drug-likeness (QED) is 0.427. The zero-order chi connectivity index (χ0) is 24.7. The molecule has 4 aromatic rings. The number of aryl methyl sites for hydroxylation is 1. The predicted molar refractivity (Wildman–Crippen MR) is 134 cm³/mol. The number of hydrogen-bond acceptors (Lipinski definition) is 6. The topological polar surface area (TPSA) is 97.6 Å². The van der Waals surface area contributed by atoms with Crippen LogP contribution in [0.4, 0.5) is 0 Å². The van der Waals surface area contributed by atoms with Gasteiger partial charge in [-0.25, -0.2) is 33.6 Å². The lowest BCUT2D eigenvalue weighted by atomic mass is 10.0. The van der Waals surface area contributed by atoms with E-state index < -0.39 is 16.1 Å². The lowest BCUT2D eigenvalue weighted by molar-refractivity contribution is 0.183. The van der Waals surface area contributed by atoms with Gasteiger partial charge in [-0.3, -0.25) is 0 Å². The zero-order valence-corrected chi connectivity index (χ0v) is 20.6. The van der Waals surface area contributed by atoms with Crippen molar-refractivity contribution in [3.8, 4) is 0 Å². The minimum atomic E-state index is -3.84. The molecule has 1 aliphatic heterocycles. The van der Waals surface area contributed by atoms with Crippen LogP contribution in [0.2, 0.25) is 0 Å². The van der Waals surface area contributed by atoms with Crippen LogP contribution in [0.25, 0.3) is 26.9 Å². The molecule has 1 unspecified atom stereocenters. The molecule has 0 aliphatic carbocycles. The van der Waals surface area contributed by atoms with Crippen LogP contribution < -0.4 is 5.01 Å². The average molecular weight is 493 g/mol. The molecule has 3 aromatic heterocycles. The van der Waals surface area contributed by atoms with Crippen molar-refractivity contribution in [2.24, 2.45) is 5.92 Å². The molecule has 0 amide bonds. The Morgan fingerprint density at radius 3 is 2.69 bits per heavy atom. The van der Waals surface area contributed by atoms with E-state index >= 15 is 0 Å². The van der Waals surface area contributed by atoms with Crippen molar-refractivity contribution in [1.82, 2.24) is 18.6 Å². The summed E-state index contributed by atoms with van der Waals surface area (Å²) in [6, 6.07) is 8.49. The van der Waals surface area contributed by atoms with E-state index in [0.717, 1.165) is 43.4 Å². The van der Waals surface area contributed by atoms with E-state index in [1.807, 2.05) is 11.6 Å². The number of hydrogen-bond donors (Lipinski definition) is 1. The summed E-state index contributed by atoms with van der Waals surface area (Å²) in [6.45, 7) is 12.8. The summed E-state index contributed by atoms with van der Waals surface area (Å²) in [5, 5.41) is 13.4. The first-order valence-corrected chi connectivity index (χ1v) is 13.2. The number of aliphatic hydroxyl groups is 1. The Labute approximate surface area is 204 Å². The Balaban J connectivity index is 1.67. The van der Waals surface area contributed by atoms with Crippen LogP contribution in [0.3, 0.4) is 0 Å². The fourth-order valence-corrected chi connectivity index (χ4v) is 6.17. The van der Waals surface area contributed by atoms with Crippen molar-refractivity contribution in [2.45, 2.75) is 44.1 Å². The molecular formula is C25H28N6O3S. The van der Waals surface area contributed by atoms with Crippen molar-refractivity contribution in [3.05, 3.63) is 65.5 Å². The molecule has 10 heteroatoms. The Bertz CT molecular complexity index is 1530. The molecule has 2 atom stereocenters. The molecule has 0 radical (unpaired) electrons. The molecule has 1 N–H and O–H groups in total. The second-order valence-corrected chi connectivity index (χ2v) is 11.0. The van der Waals surface area contributed by atoms with E-state index in [4.69, 9.17) is 6.57 Å². The minimum Gasteiger partial charge on any atom is -0.385 e. The minimum absolute atomic E-state index is 0.194. The normalized spacial score (nSPS) is 18.0. The monoisotopic (exact) mass is 492 g/mol. The number of rotatable bonds is 5. The van der Waals surface area contributed by atoms with Crippen molar-refractivity contribution in [3.63, 3.8) is 0 Å². The summed E-state index contributed by atoms with van der Waals surface area (Å²) >= 11 is 0. The van der Waals surface area contributed by atoms with Crippen LogP contribution in [0.15, 0.2) is 47.6 Å². The number of pyridine rings is 1. The highest BCUT2D eigenvalue weighted by molar-refractivity contribution is 7.90. The lowest BCUT2D eigenvalue weighted by Gasteiger charge is -2.27. The standard InChI is InChI=1S/C25H28N6O3S/c1-17-6-8-20(9-7-17)35(33,34)30-14-11-21-23-22(16-27-25(21)30)28-24(18(2)32)31(23)29-12-4-5-19(10-13-29)15-26-3/h6-9,11,14,16,18-19,32H,4-5,10,12-13,15H2,1-2H3/t18-,19?/m1/s1. The zero-order valence-electron chi connectivity index (χ0n) is 19.8. The summed E-state index contributed by atoms with van der Waals surface area (Å²) in [7, 11) is -3.84. The van der Waals surface area contributed by atoms with Crippen molar-refractivity contribution in [1.29, 1.82) is 0 Å². The molecule has 1 aromatic carbocycles. The maximum Gasteiger partial charge on any atom is 0.269 e. The molecule has 1 saturated heterocycles. The summed E-state index contributed by atoms with van der Waals surface area (Å²) in [5.41, 5.74) is 2.62. The maximum absolute atomic E-state index is 13.4. The molecular weight excluding hydrogens is 464 g/mol. The van der Waals surface area contributed by atoms with Crippen LogP contribution in [-0.2, 0) is 10.0 Å². The van der Waals surface area contributed by atoms with Gasteiger partial charge in [0.25, 0.3) is 10.0 Å². The molecule has 0 bridgehead atoms. The van der Waals surface area contributed by atoms with Crippen molar-refractivity contribution in [2.75, 3.05) is 24.6 Å². The molecule has 182 valence electrons. The van der Waals surface area contributed by atoms with E-state index in [-0.39, 0.29) is 4.90 Å². The van der Waals surface area contributed by atoms with Gasteiger partial charge < -0.3 is 15.0 Å². The van der Waals surface area contributed by atoms with Crippen LogP contribution >= 0.6 is 0 Å². The second-order valence-electron chi connectivity index (χ2n) is 9.21. The Kier molecular flexibility index (Phi) is 5.99. The number of nitrogens with zero attached hydrogens (tertiary/aromatic N) is 6. The lowest BCUT2D eigenvalue weighted by Crippen LogP contribution is -2.37. The van der Waals surface area contributed by atoms with Gasteiger partial charge in [0.05, 0.1) is 11.1 Å². The summed E-state index contributed by atoms with van der Waals surface area (Å²) in [4.78, 5) is 12.9. The van der Waals surface area contributed by atoms with Gasteiger partial charge in [-0.15, -0.1) is 0 Å².